The van der Waals surface area contributed by atoms with Crippen LogP contribution in [-0.4, -0.2) is 47.1 Å². The summed E-state index contributed by atoms with van der Waals surface area (Å²) in [5, 5.41) is 8.77. The zero-order chi connectivity index (χ0) is 14.9. The van der Waals surface area contributed by atoms with Gasteiger partial charge in [0, 0.05) is 18.9 Å². The molecule has 0 amide bonds. The molecule has 2 heterocycles. The third-order valence-corrected chi connectivity index (χ3v) is 6.06. The summed E-state index contributed by atoms with van der Waals surface area (Å²) in [6, 6.07) is 1.92. The Kier molecular flexibility index (Phi) is 3.78. The molecule has 112 valence electrons. The summed E-state index contributed by atoms with van der Waals surface area (Å²) in [4.78, 5) is 7.89. The van der Waals surface area contributed by atoms with Gasteiger partial charge in [-0.1, -0.05) is 0 Å². The molecule has 0 aromatic carbocycles. The molecule has 2 fully saturated rings. The number of sulfonamides is 1. The van der Waals surface area contributed by atoms with Crippen LogP contribution in [0, 0.1) is 11.3 Å². The maximum atomic E-state index is 12.3. The van der Waals surface area contributed by atoms with Gasteiger partial charge in [-0.25, -0.2) is 18.4 Å². The van der Waals surface area contributed by atoms with Gasteiger partial charge < -0.3 is 4.74 Å². The maximum absolute atomic E-state index is 12.3. The van der Waals surface area contributed by atoms with Crippen LogP contribution in [-0.2, 0) is 10.0 Å². The van der Waals surface area contributed by atoms with Crippen LogP contribution in [0.3, 0.4) is 0 Å². The van der Waals surface area contributed by atoms with Gasteiger partial charge in [0.2, 0.25) is 15.7 Å². The van der Waals surface area contributed by atoms with E-state index in [0.717, 1.165) is 25.7 Å². The fraction of sp³-hybridized carbons (Fsp3) is 0.615. The minimum Gasteiger partial charge on any atom is -0.471 e. The highest BCUT2D eigenvalue weighted by molar-refractivity contribution is 7.90. The van der Waals surface area contributed by atoms with Crippen molar-refractivity contribution in [3.63, 3.8) is 0 Å². The monoisotopic (exact) mass is 308 g/mol. The average Bonchev–Trinajstić information content (AvgIpc) is 3.33. The number of hydrogen-bond donors (Lipinski definition) is 0. The predicted octanol–water partition coefficient (Wildman–Crippen LogP) is 0.684. The first kappa shape index (κ1) is 14.2. The Hall–Kier alpha value is -1.72. The number of nitriles is 1. The number of piperidine rings is 1. The fourth-order valence-corrected chi connectivity index (χ4v) is 4.37. The van der Waals surface area contributed by atoms with E-state index in [2.05, 4.69) is 9.97 Å². The van der Waals surface area contributed by atoms with E-state index in [1.165, 1.54) is 16.7 Å². The Balaban J connectivity index is 1.71. The van der Waals surface area contributed by atoms with Crippen LogP contribution in [0.25, 0.3) is 0 Å². The Labute approximate surface area is 123 Å². The molecule has 1 aliphatic heterocycles. The topological polar surface area (TPSA) is 96.2 Å². The highest BCUT2D eigenvalue weighted by atomic mass is 32.2. The fourth-order valence-electron chi connectivity index (χ4n) is 2.46. The van der Waals surface area contributed by atoms with Crippen molar-refractivity contribution in [3.8, 4) is 11.9 Å². The molecule has 1 atom stereocenters. The molecular formula is C13H16N4O3S. The van der Waals surface area contributed by atoms with E-state index >= 15 is 0 Å². The van der Waals surface area contributed by atoms with Crippen molar-refractivity contribution in [2.24, 2.45) is 0 Å². The molecule has 0 bridgehead atoms. The van der Waals surface area contributed by atoms with E-state index in [1.54, 1.807) is 0 Å². The molecule has 1 aliphatic carbocycles. The van der Waals surface area contributed by atoms with Crippen molar-refractivity contribution in [3.05, 3.63) is 18.1 Å². The van der Waals surface area contributed by atoms with E-state index in [1.807, 2.05) is 6.07 Å². The summed E-state index contributed by atoms with van der Waals surface area (Å²) in [6.07, 6.45) is 5.61. The molecule has 1 saturated heterocycles. The van der Waals surface area contributed by atoms with Crippen LogP contribution in [0.1, 0.15) is 31.4 Å². The van der Waals surface area contributed by atoms with Gasteiger partial charge in [-0.3, -0.25) is 0 Å². The summed E-state index contributed by atoms with van der Waals surface area (Å²) in [6.45, 7) is 0.866. The third kappa shape index (κ3) is 2.99. The number of nitrogens with zero attached hydrogens (tertiary/aromatic N) is 4. The van der Waals surface area contributed by atoms with Crippen molar-refractivity contribution in [1.82, 2.24) is 14.3 Å². The van der Waals surface area contributed by atoms with Gasteiger partial charge in [-0.15, -0.1) is 0 Å². The summed E-state index contributed by atoms with van der Waals surface area (Å²) in [5.41, 5.74) is 0.125. The maximum Gasteiger partial charge on any atom is 0.251 e. The first-order chi connectivity index (χ1) is 10.1. The minimum absolute atomic E-state index is 0.125. The van der Waals surface area contributed by atoms with Gasteiger partial charge in [-0.05, 0) is 25.7 Å². The molecule has 0 N–H and O–H groups in total. The number of rotatable bonds is 4. The smallest absolute Gasteiger partial charge is 0.251 e. The number of ether oxygens (including phenoxy) is 1. The Morgan fingerprint density at radius 2 is 2.05 bits per heavy atom. The lowest BCUT2D eigenvalue weighted by Gasteiger charge is -2.31. The second-order valence-corrected chi connectivity index (χ2v) is 7.52. The number of aromatic nitrogens is 2. The van der Waals surface area contributed by atoms with Crippen LogP contribution in [0.4, 0.5) is 0 Å². The Morgan fingerprint density at radius 3 is 2.76 bits per heavy atom. The van der Waals surface area contributed by atoms with E-state index in [-0.39, 0.29) is 22.9 Å². The molecule has 1 unspecified atom stereocenters. The quantitative estimate of drug-likeness (QED) is 0.811. The van der Waals surface area contributed by atoms with Gasteiger partial charge in [0.05, 0.1) is 11.8 Å². The molecule has 0 spiro atoms. The lowest BCUT2D eigenvalue weighted by molar-refractivity contribution is 0.123. The van der Waals surface area contributed by atoms with Crippen molar-refractivity contribution < 1.29 is 13.2 Å². The standard InChI is InChI=1S/C13H16N4O3S/c14-8-12-13(16-6-5-15-12)20-10-2-1-7-17(9-10)21(18,19)11-3-4-11/h5-6,10-11H,1-4,7,9H2. The molecule has 0 radical (unpaired) electrons. The summed E-state index contributed by atoms with van der Waals surface area (Å²) in [7, 11) is -3.18. The van der Waals surface area contributed by atoms with Gasteiger partial charge in [0.1, 0.15) is 12.2 Å². The molecule has 21 heavy (non-hydrogen) atoms. The largest absolute Gasteiger partial charge is 0.471 e. The molecule has 7 nitrogen and oxygen atoms in total. The number of hydrogen-bond acceptors (Lipinski definition) is 6. The highest BCUT2D eigenvalue weighted by Gasteiger charge is 2.42. The molecule has 8 heteroatoms. The second kappa shape index (κ2) is 5.58. The summed E-state index contributed by atoms with van der Waals surface area (Å²) < 4.78 is 31.7. The van der Waals surface area contributed by atoms with Crippen molar-refractivity contribution in [1.29, 1.82) is 5.26 Å². The minimum atomic E-state index is -3.18. The lowest BCUT2D eigenvalue weighted by atomic mass is 10.1. The van der Waals surface area contributed by atoms with Gasteiger partial charge in [-0.2, -0.15) is 9.57 Å². The first-order valence-corrected chi connectivity index (χ1v) is 8.48. The van der Waals surface area contributed by atoms with E-state index in [4.69, 9.17) is 10.00 Å². The summed E-state index contributed by atoms with van der Waals surface area (Å²) in [5.74, 6) is 0.177. The van der Waals surface area contributed by atoms with Crippen LogP contribution in [0.15, 0.2) is 12.4 Å². The van der Waals surface area contributed by atoms with Crippen molar-refractivity contribution in [2.45, 2.75) is 37.0 Å². The third-order valence-electron chi connectivity index (χ3n) is 3.70. The van der Waals surface area contributed by atoms with Gasteiger partial charge in [0.15, 0.2) is 0 Å². The normalized spacial score (nSPS) is 23.5. The van der Waals surface area contributed by atoms with Crippen LogP contribution >= 0.6 is 0 Å². The highest BCUT2D eigenvalue weighted by Crippen LogP contribution is 2.32. The SMILES string of the molecule is N#Cc1nccnc1OC1CCCN(S(=O)(=O)C2CC2)C1. The molecule has 2 aliphatic rings. The van der Waals surface area contributed by atoms with Crippen LogP contribution < -0.4 is 4.74 Å². The van der Waals surface area contributed by atoms with Crippen LogP contribution in [0.5, 0.6) is 5.88 Å². The zero-order valence-electron chi connectivity index (χ0n) is 11.5. The Bertz CT molecular complexity index is 666. The van der Waals surface area contributed by atoms with Gasteiger partial charge in [0.25, 0.3) is 5.88 Å². The predicted molar refractivity (Wildman–Crippen MR) is 73.9 cm³/mol. The molecular weight excluding hydrogens is 292 g/mol. The van der Waals surface area contributed by atoms with E-state index in [9.17, 15) is 8.42 Å². The molecule has 1 aromatic rings. The van der Waals surface area contributed by atoms with Gasteiger partial charge >= 0.3 is 0 Å². The van der Waals surface area contributed by atoms with Crippen LogP contribution in [0.2, 0.25) is 0 Å². The second-order valence-electron chi connectivity index (χ2n) is 5.31. The van der Waals surface area contributed by atoms with Crippen molar-refractivity contribution in [2.75, 3.05) is 13.1 Å². The molecule has 3 rings (SSSR count). The lowest BCUT2D eigenvalue weighted by Crippen LogP contribution is -2.45. The van der Waals surface area contributed by atoms with Crippen molar-refractivity contribution >= 4 is 10.0 Å². The zero-order valence-corrected chi connectivity index (χ0v) is 12.3. The molecule has 1 aromatic heterocycles. The summed E-state index contributed by atoms with van der Waals surface area (Å²) >= 11 is 0. The van der Waals surface area contributed by atoms with E-state index < -0.39 is 10.0 Å². The Morgan fingerprint density at radius 1 is 1.29 bits per heavy atom. The first-order valence-electron chi connectivity index (χ1n) is 6.98. The average molecular weight is 308 g/mol. The van der Waals surface area contributed by atoms with E-state index in [0.29, 0.717) is 13.1 Å². The molecule has 1 saturated carbocycles.